The summed E-state index contributed by atoms with van der Waals surface area (Å²) in [6.07, 6.45) is 4.32. The summed E-state index contributed by atoms with van der Waals surface area (Å²) in [4.78, 5) is 13.7. The second-order valence-electron chi connectivity index (χ2n) is 5.88. The fourth-order valence-corrected chi connectivity index (χ4v) is 3.35. The summed E-state index contributed by atoms with van der Waals surface area (Å²) < 4.78 is 2.01. The molecule has 122 valence electrons. The van der Waals surface area contributed by atoms with Crippen LogP contribution in [0, 0.1) is 6.92 Å². The van der Waals surface area contributed by atoms with Gasteiger partial charge in [0.15, 0.2) is 0 Å². The maximum Gasteiger partial charge on any atom is 0.285 e. The van der Waals surface area contributed by atoms with E-state index in [1.807, 2.05) is 23.0 Å². The zero-order chi connectivity index (χ0) is 16.7. The maximum absolute atomic E-state index is 11.7. The molecule has 1 aliphatic heterocycles. The van der Waals surface area contributed by atoms with Crippen LogP contribution in [-0.2, 0) is 13.0 Å². The lowest BCUT2D eigenvalue weighted by atomic mass is 10.1. The molecule has 0 bridgehead atoms. The fraction of sp³-hybridized carbons (Fsp3) is 0.235. The number of aryl methyl sites for hydroxylation is 1. The summed E-state index contributed by atoms with van der Waals surface area (Å²) in [5.41, 5.74) is 4.93. The van der Waals surface area contributed by atoms with Gasteiger partial charge in [-0.15, -0.1) is 0 Å². The Kier molecular flexibility index (Phi) is 3.61. The van der Waals surface area contributed by atoms with Crippen LogP contribution in [0.2, 0.25) is 5.02 Å². The molecule has 2 aromatic heterocycles. The molecule has 7 heteroatoms. The van der Waals surface area contributed by atoms with Crippen molar-refractivity contribution in [3.05, 3.63) is 68.9 Å². The zero-order valence-corrected chi connectivity index (χ0v) is 13.9. The number of para-hydroxylation sites is 1. The Bertz CT molecular complexity index is 962. The Hall–Kier alpha value is -2.60. The normalized spacial score (nSPS) is 13.8. The number of rotatable bonds is 2. The van der Waals surface area contributed by atoms with E-state index < -0.39 is 0 Å². The molecule has 0 radical (unpaired) electrons. The molecule has 0 atom stereocenters. The second kappa shape index (κ2) is 5.79. The van der Waals surface area contributed by atoms with E-state index in [2.05, 4.69) is 39.3 Å². The van der Waals surface area contributed by atoms with Crippen molar-refractivity contribution < 1.29 is 0 Å². The number of anilines is 1. The highest BCUT2D eigenvalue weighted by Crippen LogP contribution is 2.28. The number of hydrogen-bond acceptors (Lipinski definition) is 4. The highest BCUT2D eigenvalue weighted by Gasteiger charge is 2.24. The van der Waals surface area contributed by atoms with E-state index in [1.165, 1.54) is 11.3 Å². The first kappa shape index (κ1) is 15.0. The average molecular weight is 342 g/mol. The highest BCUT2D eigenvalue weighted by molar-refractivity contribution is 6.32. The number of aromatic amines is 1. The van der Waals surface area contributed by atoms with Crippen molar-refractivity contribution in [3.63, 3.8) is 0 Å². The smallest absolute Gasteiger partial charge is 0.285 e. The van der Waals surface area contributed by atoms with E-state index in [9.17, 15) is 4.79 Å². The molecule has 0 amide bonds. The standard InChI is InChI=1S/C17H16ClN5O/c1-11-4-2-3-5-13(11)23-14-6-7-22(10-12(14)8-20-23)15-9-19-21-17(24)16(15)18/h2-5,8-9H,6-7,10H2,1H3,(H,21,24). The Morgan fingerprint density at radius 3 is 2.88 bits per heavy atom. The third-order valence-electron chi connectivity index (χ3n) is 4.40. The number of aromatic nitrogens is 4. The van der Waals surface area contributed by atoms with Gasteiger partial charge >= 0.3 is 0 Å². The van der Waals surface area contributed by atoms with Gasteiger partial charge in [-0.3, -0.25) is 4.79 Å². The molecule has 1 aromatic carbocycles. The van der Waals surface area contributed by atoms with Crippen LogP contribution in [0.25, 0.3) is 5.69 Å². The van der Waals surface area contributed by atoms with Gasteiger partial charge in [0.1, 0.15) is 5.02 Å². The molecule has 3 aromatic rings. The quantitative estimate of drug-likeness (QED) is 0.777. The topological polar surface area (TPSA) is 66.8 Å². The SMILES string of the molecule is Cc1ccccc1-n1ncc2c1CCN(c1cn[nH]c(=O)c1Cl)C2. The van der Waals surface area contributed by atoms with Crippen molar-refractivity contribution in [2.24, 2.45) is 0 Å². The third kappa shape index (κ3) is 2.39. The van der Waals surface area contributed by atoms with Crippen LogP contribution in [0.3, 0.4) is 0 Å². The van der Waals surface area contributed by atoms with E-state index in [-0.39, 0.29) is 10.6 Å². The van der Waals surface area contributed by atoms with Crippen LogP contribution >= 0.6 is 11.6 Å². The monoisotopic (exact) mass is 341 g/mol. The lowest BCUT2D eigenvalue weighted by Gasteiger charge is -2.29. The molecule has 0 saturated carbocycles. The number of nitrogens with zero attached hydrogens (tertiary/aromatic N) is 4. The van der Waals surface area contributed by atoms with Gasteiger partial charge in [-0.05, 0) is 18.6 Å². The minimum atomic E-state index is -0.365. The highest BCUT2D eigenvalue weighted by atomic mass is 35.5. The van der Waals surface area contributed by atoms with Crippen molar-refractivity contribution in [2.45, 2.75) is 19.9 Å². The first-order chi connectivity index (χ1) is 11.6. The largest absolute Gasteiger partial charge is 0.364 e. The van der Waals surface area contributed by atoms with E-state index in [4.69, 9.17) is 11.6 Å². The maximum atomic E-state index is 11.7. The molecule has 0 saturated heterocycles. The van der Waals surface area contributed by atoms with Crippen LogP contribution in [-0.4, -0.2) is 26.5 Å². The molecule has 3 heterocycles. The Morgan fingerprint density at radius 2 is 2.04 bits per heavy atom. The number of hydrogen-bond donors (Lipinski definition) is 1. The molecule has 6 nitrogen and oxygen atoms in total. The minimum Gasteiger partial charge on any atom is -0.364 e. The summed E-state index contributed by atoms with van der Waals surface area (Å²) in [5.74, 6) is 0. The molecular formula is C17H16ClN5O. The van der Waals surface area contributed by atoms with Gasteiger partial charge in [0.2, 0.25) is 0 Å². The summed E-state index contributed by atoms with van der Waals surface area (Å²) in [6.45, 7) is 3.50. The Morgan fingerprint density at radius 1 is 1.21 bits per heavy atom. The van der Waals surface area contributed by atoms with Crippen LogP contribution in [0.15, 0.2) is 41.5 Å². The predicted octanol–water partition coefficient (Wildman–Crippen LogP) is 2.48. The van der Waals surface area contributed by atoms with Crippen LogP contribution in [0.5, 0.6) is 0 Å². The van der Waals surface area contributed by atoms with Crippen molar-refractivity contribution in [1.82, 2.24) is 20.0 Å². The molecule has 0 fully saturated rings. The molecule has 0 unspecified atom stereocenters. The first-order valence-corrected chi connectivity index (χ1v) is 8.13. The van der Waals surface area contributed by atoms with E-state index in [0.29, 0.717) is 12.2 Å². The summed E-state index contributed by atoms with van der Waals surface area (Å²) in [5, 5.41) is 11.0. The van der Waals surface area contributed by atoms with Gasteiger partial charge in [0.05, 0.1) is 29.5 Å². The van der Waals surface area contributed by atoms with Crippen molar-refractivity contribution in [1.29, 1.82) is 0 Å². The van der Waals surface area contributed by atoms with Crippen LogP contribution in [0.4, 0.5) is 5.69 Å². The van der Waals surface area contributed by atoms with E-state index >= 15 is 0 Å². The van der Waals surface area contributed by atoms with Gasteiger partial charge in [0.25, 0.3) is 5.56 Å². The van der Waals surface area contributed by atoms with Crippen LogP contribution < -0.4 is 10.5 Å². The summed E-state index contributed by atoms with van der Waals surface area (Å²) in [7, 11) is 0. The van der Waals surface area contributed by atoms with Crippen molar-refractivity contribution in [2.75, 3.05) is 11.4 Å². The molecule has 4 rings (SSSR count). The number of halogens is 1. The molecule has 1 N–H and O–H groups in total. The lowest BCUT2D eigenvalue weighted by Crippen LogP contribution is -2.32. The van der Waals surface area contributed by atoms with E-state index in [0.717, 1.165) is 24.2 Å². The molecular weight excluding hydrogens is 326 g/mol. The van der Waals surface area contributed by atoms with E-state index in [1.54, 1.807) is 6.20 Å². The summed E-state index contributed by atoms with van der Waals surface area (Å²) in [6, 6.07) is 8.21. The third-order valence-corrected chi connectivity index (χ3v) is 4.76. The average Bonchev–Trinajstić information content (AvgIpc) is 3.01. The van der Waals surface area contributed by atoms with Gasteiger partial charge in [-0.25, -0.2) is 9.78 Å². The second-order valence-corrected chi connectivity index (χ2v) is 6.26. The van der Waals surface area contributed by atoms with Crippen molar-refractivity contribution >= 4 is 17.3 Å². The number of H-pyrrole nitrogens is 1. The number of nitrogens with one attached hydrogen (secondary N) is 1. The number of fused-ring (bicyclic) bond motifs is 1. The Labute approximate surface area is 143 Å². The summed E-state index contributed by atoms with van der Waals surface area (Å²) >= 11 is 6.13. The molecule has 24 heavy (non-hydrogen) atoms. The minimum absolute atomic E-state index is 0.180. The molecule has 1 aliphatic rings. The van der Waals surface area contributed by atoms with Gasteiger partial charge < -0.3 is 4.90 Å². The van der Waals surface area contributed by atoms with Gasteiger partial charge in [-0.2, -0.15) is 10.2 Å². The van der Waals surface area contributed by atoms with Crippen LogP contribution in [0.1, 0.15) is 16.8 Å². The predicted molar refractivity (Wildman–Crippen MR) is 92.9 cm³/mol. The van der Waals surface area contributed by atoms with Gasteiger partial charge in [-0.1, -0.05) is 29.8 Å². The fourth-order valence-electron chi connectivity index (χ4n) is 3.14. The number of benzene rings is 1. The first-order valence-electron chi connectivity index (χ1n) is 7.75. The van der Waals surface area contributed by atoms with Crippen molar-refractivity contribution in [3.8, 4) is 5.69 Å². The molecule has 0 spiro atoms. The zero-order valence-electron chi connectivity index (χ0n) is 13.2. The lowest BCUT2D eigenvalue weighted by molar-refractivity contribution is 0.689. The van der Waals surface area contributed by atoms with Gasteiger partial charge in [0, 0.05) is 25.1 Å². The molecule has 0 aliphatic carbocycles. The Balaban J connectivity index is 1.70.